The molecule has 2 rings (SSSR count). The molecule has 0 fully saturated rings. The Kier molecular flexibility index (Phi) is 7.22. The lowest BCUT2D eigenvalue weighted by atomic mass is 10.2. The molecule has 0 saturated heterocycles. The Morgan fingerprint density at radius 3 is 2.81 bits per heavy atom. The summed E-state index contributed by atoms with van der Waals surface area (Å²) < 4.78 is 5.23. The Labute approximate surface area is 134 Å². The zero-order valence-corrected chi connectivity index (χ0v) is 13.6. The second-order valence-corrected chi connectivity index (χ2v) is 5.47. The number of benzene rings is 1. The number of hydrogen-bond donors (Lipinski definition) is 2. The van der Waals surface area contributed by atoms with Crippen LogP contribution in [0.5, 0.6) is 5.75 Å². The van der Waals surface area contributed by atoms with Crippen LogP contribution in [0.4, 0.5) is 5.69 Å². The maximum absolute atomic E-state index is 11.9. The second kappa shape index (κ2) is 8.67. The summed E-state index contributed by atoms with van der Waals surface area (Å²) in [6, 6.07) is 9.74. The highest BCUT2D eigenvalue weighted by molar-refractivity contribution is 7.09. The van der Waals surface area contributed by atoms with Crippen LogP contribution in [-0.4, -0.2) is 19.6 Å². The Hall–Kier alpha value is -1.56. The molecule has 1 amide bonds. The number of thiophene rings is 1. The van der Waals surface area contributed by atoms with Crippen LogP contribution in [0.25, 0.3) is 0 Å². The molecule has 114 valence electrons. The van der Waals surface area contributed by atoms with E-state index >= 15 is 0 Å². The van der Waals surface area contributed by atoms with Gasteiger partial charge in [-0.3, -0.25) is 4.79 Å². The van der Waals surface area contributed by atoms with Crippen molar-refractivity contribution in [3.63, 3.8) is 0 Å². The number of hydrogen-bond acceptors (Lipinski definition) is 4. The Balaban J connectivity index is 0.00000220. The molecule has 2 aromatic rings. The van der Waals surface area contributed by atoms with Crippen molar-refractivity contribution in [3.8, 4) is 5.75 Å². The molecule has 0 radical (unpaired) electrons. The van der Waals surface area contributed by atoms with Crippen LogP contribution >= 0.6 is 23.7 Å². The molecular formula is C15H19ClN2O2S. The summed E-state index contributed by atoms with van der Waals surface area (Å²) in [6.45, 7) is 2.95. The minimum Gasteiger partial charge on any atom is -0.495 e. The van der Waals surface area contributed by atoms with E-state index in [9.17, 15) is 4.79 Å². The fourth-order valence-electron chi connectivity index (χ4n) is 1.83. The summed E-state index contributed by atoms with van der Waals surface area (Å²) in [4.78, 5) is 13.1. The molecule has 0 aliphatic rings. The largest absolute Gasteiger partial charge is 0.495 e. The molecule has 21 heavy (non-hydrogen) atoms. The zero-order valence-electron chi connectivity index (χ0n) is 12.0. The fourth-order valence-corrected chi connectivity index (χ4v) is 2.50. The molecule has 6 heteroatoms. The number of aryl methyl sites for hydroxylation is 1. The van der Waals surface area contributed by atoms with Crippen molar-refractivity contribution in [2.24, 2.45) is 0 Å². The Morgan fingerprint density at radius 2 is 2.14 bits per heavy atom. The predicted octanol–water partition coefficient (Wildman–Crippen LogP) is 3.22. The molecule has 0 spiro atoms. The molecule has 1 aromatic heterocycles. The van der Waals surface area contributed by atoms with Crippen molar-refractivity contribution >= 4 is 35.3 Å². The highest BCUT2D eigenvalue weighted by Crippen LogP contribution is 2.24. The molecule has 0 saturated carbocycles. The Bertz CT molecular complexity index is 573. The van der Waals surface area contributed by atoms with Crippen molar-refractivity contribution in [2.45, 2.75) is 13.5 Å². The third-order valence-corrected chi connectivity index (χ3v) is 3.67. The van der Waals surface area contributed by atoms with Gasteiger partial charge in [-0.25, -0.2) is 0 Å². The summed E-state index contributed by atoms with van der Waals surface area (Å²) in [5.74, 6) is 0.590. The SMILES string of the molecule is COc1ccc(C)cc1NC(=O)CNCc1cccs1.Cl. The molecule has 0 aliphatic heterocycles. The molecule has 1 heterocycles. The normalized spacial score (nSPS) is 9.81. The number of amides is 1. The van der Waals surface area contributed by atoms with E-state index in [0.717, 1.165) is 5.56 Å². The van der Waals surface area contributed by atoms with Gasteiger partial charge in [0.25, 0.3) is 0 Å². The van der Waals surface area contributed by atoms with Crippen LogP contribution in [0, 0.1) is 6.92 Å². The first-order valence-corrected chi connectivity index (χ1v) is 7.24. The molecule has 1 aromatic carbocycles. The van der Waals surface area contributed by atoms with E-state index in [0.29, 0.717) is 18.0 Å². The molecule has 0 atom stereocenters. The number of ether oxygens (including phenoxy) is 1. The number of nitrogens with one attached hydrogen (secondary N) is 2. The van der Waals surface area contributed by atoms with E-state index in [1.165, 1.54) is 4.88 Å². The van der Waals surface area contributed by atoms with Crippen molar-refractivity contribution in [3.05, 3.63) is 46.2 Å². The average molecular weight is 327 g/mol. The third-order valence-electron chi connectivity index (χ3n) is 2.79. The van der Waals surface area contributed by atoms with Gasteiger partial charge in [0.2, 0.25) is 5.91 Å². The molecule has 0 bridgehead atoms. The minimum atomic E-state index is -0.0783. The smallest absolute Gasteiger partial charge is 0.238 e. The predicted molar refractivity (Wildman–Crippen MR) is 89.6 cm³/mol. The van der Waals surface area contributed by atoms with Crippen LogP contribution in [0.15, 0.2) is 35.7 Å². The number of carbonyl (C=O) groups is 1. The average Bonchev–Trinajstić information content (AvgIpc) is 2.92. The lowest BCUT2D eigenvalue weighted by Crippen LogP contribution is -2.27. The van der Waals surface area contributed by atoms with Gasteiger partial charge in [-0.05, 0) is 36.1 Å². The topological polar surface area (TPSA) is 50.4 Å². The van der Waals surface area contributed by atoms with Gasteiger partial charge in [0.15, 0.2) is 0 Å². The molecule has 0 aliphatic carbocycles. The summed E-state index contributed by atoms with van der Waals surface area (Å²) in [5, 5.41) is 8.00. The van der Waals surface area contributed by atoms with Gasteiger partial charge in [-0.15, -0.1) is 23.7 Å². The quantitative estimate of drug-likeness (QED) is 0.857. The zero-order chi connectivity index (χ0) is 14.4. The van der Waals surface area contributed by atoms with E-state index < -0.39 is 0 Å². The molecular weight excluding hydrogens is 308 g/mol. The number of rotatable bonds is 6. The Morgan fingerprint density at radius 1 is 1.33 bits per heavy atom. The van der Waals surface area contributed by atoms with Gasteiger partial charge in [-0.2, -0.15) is 0 Å². The summed E-state index contributed by atoms with van der Waals surface area (Å²) in [7, 11) is 1.59. The van der Waals surface area contributed by atoms with Crippen LogP contribution in [0.3, 0.4) is 0 Å². The lowest BCUT2D eigenvalue weighted by molar-refractivity contribution is -0.115. The van der Waals surface area contributed by atoms with Crippen LogP contribution in [0.2, 0.25) is 0 Å². The first-order chi connectivity index (χ1) is 9.69. The van der Waals surface area contributed by atoms with Gasteiger partial charge in [0.05, 0.1) is 19.3 Å². The highest BCUT2D eigenvalue weighted by atomic mass is 35.5. The van der Waals surface area contributed by atoms with Gasteiger partial charge >= 0.3 is 0 Å². The van der Waals surface area contributed by atoms with Crippen LogP contribution in [-0.2, 0) is 11.3 Å². The first kappa shape index (κ1) is 17.5. The van der Waals surface area contributed by atoms with Crippen molar-refractivity contribution in [1.29, 1.82) is 0 Å². The minimum absolute atomic E-state index is 0. The summed E-state index contributed by atoms with van der Waals surface area (Å²) >= 11 is 1.67. The van der Waals surface area contributed by atoms with E-state index in [2.05, 4.69) is 10.6 Å². The number of carbonyl (C=O) groups excluding carboxylic acids is 1. The van der Waals surface area contributed by atoms with E-state index in [4.69, 9.17) is 4.74 Å². The van der Waals surface area contributed by atoms with Gasteiger partial charge in [0, 0.05) is 11.4 Å². The van der Waals surface area contributed by atoms with Crippen LogP contribution < -0.4 is 15.4 Å². The number of methoxy groups -OCH3 is 1. The standard InChI is InChI=1S/C15H18N2O2S.ClH/c1-11-5-6-14(19-2)13(8-11)17-15(18)10-16-9-12-4-3-7-20-12;/h3-8,16H,9-10H2,1-2H3,(H,17,18);1H. The van der Waals surface area contributed by atoms with Gasteiger partial charge in [-0.1, -0.05) is 12.1 Å². The third kappa shape index (κ3) is 5.38. The van der Waals surface area contributed by atoms with E-state index in [1.54, 1.807) is 18.4 Å². The monoisotopic (exact) mass is 326 g/mol. The van der Waals surface area contributed by atoms with E-state index in [-0.39, 0.29) is 24.9 Å². The maximum Gasteiger partial charge on any atom is 0.238 e. The first-order valence-electron chi connectivity index (χ1n) is 6.36. The summed E-state index contributed by atoms with van der Waals surface area (Å²) in [6.07, 6.45) is 0. The molecule has 2 N–H and O–H groups in total. The van der Waals surface area contributed by atoms with Crippen molar-refractivity contribution in [2.75, 3.05) is 19.0 Å². The number of halogens is 1. The molecule has 0 unspecified atom stereocenters. The summed E-state index contributed by atoms with van der Waals surface area (Å²) in [5.41, 5.74) is 1.78. The van der Waals surface area contributed by atoms with Gasteiger partial charge < -0.3 is 15.4 Å². The van der Waals surface area contributed by atoms with Gasteiger partial charge in [0.1, 0.15) is 5.75 Å². The van der Waals surface area contributed by atoms with Crippen molar-refractivity contribution < 1.29 is 9.53 Å². The second-order valence-electron chi connectivity index (χ2n) is 4.43. The maximum atomic E-state index is 11.9. The lowest BCUT2D eigenvalue weighted by Gasteiger charge is -2.11. The fraction of sp³-hybridized carbons (Fsp3) is 0.267. The number of anilines is 1. The van der Waals surface area contributed by atoms with Crippen LogP contribution in [0.1, 0.15) is 10.4 Å². The van der Waals surface area contributed by atoms with E-state index in [1.807, 2.05) is 42.6 Å². The highest BCUT2D eigenvalue weighted by Gasteiger charge is 2.07. The molecule has 4 nitrogen and oxygen atoms in total. The van der Waals surface area contributed by atoms with Crippen molar-refractivity contribution in [1.82, 2.24) is 5.32 Å².